The lowest BCUT2D eigenvalue weighted by atomic mass is 10.1. The van der Waals surface area contributed by atoms with Gasteiger partial charge in [-0.2, -0.15) is 26.3 Å². The number of nitrogens with one attached hydrogen (secondary N) is 3. The van der Waals surface area contributed by atoms with Crippen LogP contribution in [0.3, 0.4) is 0 Å². The second-order valence-corrected chi connectivity index (χ2v) is 38.5. The van der Waals surface area contributed by atoms with Crippen LogP contribution in [0.5, 0.6) is 34.5 Å². The molecule has 0 fully saturated rings. The molecule has 26 nitrogen and oxygen atoms in total. The number of nitriles is 5. The first kappa shape index (κ1) is 101. The number of anilines is 11. The van der Waals surface area contributed by atoms with Crippen molar-refractivity contribution in [2.45, 2.75) is 63.3 Å². The highest BCUT2D eigenvalue weighted by Gasteiger charge is 2.32. The van der Waals surface area contributed by atoms with Crippen molar-refractivity contribution in [2.75, 3.05) is 108 Å². The van der Waals surface area contributed by atoms with Gasteiger partial charge in [0, 0.05) is 133 Å². The summed E-state index contributed by atoms with van der Waals surface area (Å²) >= 11 is 6.05. The molecule has 0 radical (unpaired) electrons. The van der Waals surface area contributed by atoms with Gasteiger partial charge in [0.05, 0.1) is 120 Å². The fourth-order valence-electron chi connectivity index (χ4n) is 14.0. The molecular weight excluding hydrogens is 1940 g/mol. The third-order valence-corrected chi connectivity index (χ3v) is 26.8. The van der Waals surface area contributed by atoms with E-state index in [0.29, 0.717) is 110 Å². The lowest BCUT2D eigenvalue weighted by Gasteiger charge is -2.32. The zero-order valence-corrected chi connectivity index (χ0v) is 78.5. The number of fused-ring (bicyclic) bond motifs is 5. The summed E-state index contributed by atoms with van der Waals surface area (Å²) in [7, 11) is -0.395. The third-order valence-electron chi connectivity index (χ3n) is 20.3. The number of benzene rings is 11. The molecule has 690 valence electrons. The highest BCUT2D eigenvalue weighted by Crippen LogP contribution is 2.46. The van der Waals surface area contributed by atoms with Crippen LogP contribution in [-0.4, -0.2) is 108 Å². The van der Waals surface area contributed by atoms with Crippen molar-refractivity contribution in [1.82, 2.24) is 9.97 Å². The molecule has 7 heterocycles. The van der Waals surface area contributed by atoms with E-state index in [9.17, 15) is 47.2 Å². The Labute approximate surface area is 797 Å². The number of thiazole rings is 2. The number of rotatable bonds is 13. The molecule has 0 spiro atoms. The fraction of sp³-hybridized carbons (Fsp3) is 0.189. The number of aromatic nitrogens is 2. The summed E-state index contributed by atoms with van der Waals surface area (Å²) in [5.41, 5.74) is 14.8. The number of sulfonamides is 1. The Bertz CT molecular complexity index is 6920. The van der Waals surface area contributed by atoms with Crippen LogP contribution < -0.4 is 63.4 Å². The van der Waals surface area contributed by atoms with Crippen molar-refractivity contribution in [3.05, 3.63) is 306 Å². The first-order valence-electron chi connectivity index (χ1n) is 40.0. The Balaban J connectivity index is 0.000000154. The van der Waals surface area contributed by atoms with Gasteiger partial charge >= 0.3 is 0 Å². The number of methoxy groups -OCH3 is 1. The van der Waals surface area contributed by atoms with E-state index in [4.69, 9.17) is 76.1 Å². The second-order valence-electron chi connectivity index (χ2n) is 29.2. The van der Waals surface area contributed by atoms with E-state index < -0.39 is 60.3 Å². The van der Waals surface area contributed by atoms with Gasteiger partial charge in [-0.3, -0.25) is 4.72 Å². The molecule has 0 saturated carbocycles. The SMILES string of the molecule is C.COc1ccc(CNc2nccs2)cc1.Cc1cc(C#N)ccc1Br.Cc1cc(C#N)ccc1N1CCOc2cc(S(=O)(=O)Cl)c(F)cc21.Cc1cc(C#N)ccc1N1CCOc2cc(S(=O)(=O)Cl)c(F)cc21.Cc1cc(C#N)ccc1N1CCOc2cc(S(=O)(=O)Nc3nccs3)c(F)cc21.Cc1cc(C#N)ccc1N1CCOc2ccc(F)cc21.Fc1ccc2c(c1)NCCO2. The zero-order chi connectivity index (χ0) is 95.4. The summed E-state index contributed by atoms with van der Waals surface area (Å²) in [6.07, 6.45) is 3.24. The highest BCUT2D eigenvalue weighted by molar-refractivity contribution is 9.10. The maximum Gasteiger partial charge on any atom is 0.266 e. The van der Waals surface area contributed by atoms with Crippen LogP contribution in [0.4, 0.5) is 83.4 Å². The van der Waals surface area contributed by atoms with E-state index in [0.717, 1.165) is 138 Å². The van der Waals surface area contributed by atoms with E-state index >= 15 is 0 Å². The summed E-state index contributed by atoms with van der Waals surface area (Å²) in [5, 5.41) is 55.3. The summed E-state index contributed by atoms with van der Waals surface area (Å²) in [6.45, 7) is 15.2. The van der Waals surface area contributed by atoms with Crippen LogP contribution >= 0.6 is 60.0 Å². The lowest BCUT2D eigenvalue weighted by Crippen LogP contribution is -2.29. The summed E-state index contributed by atoms with van der Waals surface area (Å²) < 4.78 is 176. The highest BCUT2D eigenvalue weighted by atomic mass is 79.9. The Kier molecular flexibility index (Phi) is 34.2. The van der Waals surface area contributed by atoms with Crippen molar-refractivity contribution in [2.24, 2.45) is 0 Å². The molecule has 11 aromatic carbocycles. The molecule has 3 N–H and O–H groups in total. The average molecular weight is 2020 g/mol. The van der Waals surface area contributed by atoms with Gasteiger partial charge < -0.3 is 58.7 Å². The number of aryl methyl sites for hydroxylation is 5. The lowest BCUT2D eigenvalue weighted by molar-refractivity contribution is 0.312. The molecule has 13 aromatic rings. The largest absolute Gasteiger partial charge is 0.497 e. The zero-order valence-electron chi connectivity index (χ0n) is 71.4. The Hall–Kier alpha value is -13.9. The van der Waals surface area contributed by atoms with Gasteiger partial charge in [0.1, 0.15) is 111 Å². The van der Waals surface area contributed by atoms with E-state index in [1.54, 1.807) is 109 Å². The maximum atomic E-state index is 14.8. The molecular formula is C95H82BrCl2F5N14O12S5. The number of hydrogen-bond donors (Lipinski definition) is 3. The van der Waals surface area contributed by atoms with E-state index in [2.05, 4.69) is 71.6 Å². The first-order valence-corrected chi connectivity index (χ1v) is 48.7. The molecule has 134 heavy (non-hydrogen) atoms. The summed E-state index contributed by atoms with van der Waals surface area (Å²) in [6, 6.07) is 60.7. The minimum absolute atomic E-state index is 0. The molecule has 5 aliphatic rings. The molecule has 39 heteroatoms. The predicted molar refractivity (Wildman–Crippen MR) is 511 cm³/mol. The molecule has 0 unspecified atom stereocenters. The molecule has 0 atom stereocenters. The average Bonchev–Trinajstić information content (AvgIpc) is 0.856. The number of nitrogens with zero attached hydrogens (tertiary/aromatic N) is 11. The smallest absolute Gasteiger partial charge is 0.266 e. The van der Waals surface area contributed by atoms with E-state index in [1.807, 2.05) is 108 Å². The van der Waals surface area contributed by atoms with Gasteiger partial charge in [0.15, 0.2) is 10.3 Å². The van der Waals surface area contributed by atoms with Crippen molar-refractivity contribution in [3.8, 4) is 64.8 Å². The van der Waals surface area contributed by atoms with Gasteiger partial charge in [-0.15, -0.1) is 22.7 Å². The Morgan fingerprint density at radius 1 is 0.433 bits per heavy atom. The topological polar surface area (TPSA) is 352 Å². The first-order chi connectivity index (χ1) is 63.7. The predicted octanol–water partition coefficient (Wildman–Crippen LogP) is 21.9. The molecule has 18 rings (SSSR count). The number of halogens is 8. The quantitative estimate of drug-likeness (QED) is 0.0713. The van der Waals surface area contributed by atoms with Gasteiger partial charge in [-0.25, -0.2) is 57.2 Å². The van der Waals surface area contributed by atoms with Gasteiger partial charge in [-0.1, -0.05) is 35.5 Å². The number of hydrogen-bond acceptors (Lipinski definition) is 27. The van der Waals surface area contributed by atoms with Crippen LogP contribution in [0.25, 0.3) is 0 Å². The van der Waals surface area contributed by atoms with E-state index in [1.165, 1.54) is 42.1 Å². The normalized spacial score (nSPS) is 12.8. The van der Waals surface area contributed by atoms with E-state index in [-0.39, 0.29) is 41.4 Å². The van der Waals surface area contributed by atoms with Crippen LogP contribution in [0.2, 0.25) is 0 Å². The van der Waals surface area contributed by atoms with Crippen molar-refractivity contribution in [1.29, 1.82) is 26.3 Å². The standard InChI is InChI=1S/C19H15FN4O3S2.2C16H12ClFN2O3S.C16H13FN2O.C11H12N2OS.C8H6BrN.C8H8FNO.CH4/c1-12-8-13(11-21)2-3-15(12)24-5-6-27-17-10-18(14(20)9-16(17)24)29(25,26)23-19-22-4-7-28-19;2*1-10-6-11(9-19)2-3-13(10)20-4-5-23-15-8-16(24(17,21)22)12(18)7-14(15)20;1-11-8-12(10-18)2-4-14(11)19-6-7-20-16-5-3-13(17)9-15(16)19;1-14-10-4-2-9(3-5-10)8-13-11-12-6-7-15-11;1-6-4-7(5-10)2-3-8(6)9;9-6-1-2-8-7(5-6)10-3-4-11-8;/h2-4,7-10H,5-6H2,1H3,(H,22,23);2*2-3,6-8H,4-5H2,1H3;2-5,8-9H,6-7H2,1H3;2-7H,8H2,1H3,(H,12,13);2-4H,1H3;1-2,5,10H,3-4H2;1H4. The fourth-order valence-corrected chi connectivity index (χ4v) is 18.5. The van der Waals surface area contributed by atoms with Crippen LogP contribution in [-0.2, 0) is 34.7 Å². The van der Waals surface area contributed by atoms with Gasteiger partial charge in [0.25, 0.3) is 28.1 Å². The minimum atomic E-state index is -4.20. The van der Waals surface area contributed by atoms with Gasteiger partial charge in [0.2, 0.25) is 0 Å². The molecule has 5 aliphatic heterocycles. The van der Waals surface area contributed by atoms with Crippen LogP contribution in [0, 0.1) is 120 Å². The maximum absolute atomic E-state index is 14.8. The minimum Gasteiger partial charge on any atom is -0.497 e. The Morgan fingerprint density at radius 3 is 1.17 bits per heavy atom. The third kappa shape index (κ3) is 25.5. The summed E-state index contributed by atoms with van der Waals surface area (Å²) in [4.78, 5) is 13.8. The molecule has 0 amide bonds. The molecule has 0 saturated heterocycles. The molecule has 0 aliphatic carbocycles. The van der Waals surface area contributed by atoms with Crippen molar-refractivity contribution >= 4 is 150 Å². The monoisotopic (exact) mass is 2010 g/mol. The molecule has 0 bridgehead atoms. The van der Waals surface area contributed by atoms with Gasteiger partial charge in [-0.05, 0) is 195 Å². The molecule has 2 aromatic heterocycles. The van der Waals surface area contributed by atoms with Crippen molar-refractivity contribution < 1.29 is 75.6 Å². The second kappa shape index (κ2) is 45.5. The van der Waals surface area contributed by atoms with Crippen molar-refractivity contribution in [3.63, 3.8) is 0 Å². The summed E-state index contributed by atoms with van der Waals surface area (Å²) in [5.74, 6) is -0.248. The number of ether oxygens (including phenoxy) is 6. The Morgan fingerprint density at radius 2 is 0.791 bits per heavy atom. The van der Waals surface area contributed by atoms with Crippen LogP contribution in [0.15, 0.2) is 230 Å². The van der Waals surface area contributed by atoms with Crippen LogP contribution in [0.1, 0.15) is 68.6 Å².